The van der Waals surface area contributed by atoms with E-state index in [2.05, 4.69) is 25.6 Å². The van der Waals surface area contributed by atoms with Gasteiger partial charge in [-0.05, 0) is 36.2 Å². The van der Waals surface area contributed by atoms with E-state index >= 15 is 0 Å². The molecule has 0 saturated carbocycles. The molecule has 5 nitrogen and oxygen atoms in total. The van der Waals surface area contributed by atoms with E-state index in [1.165, 1.54) is 0 Å². The number of sulfonamides is 1. The standard InChI is InChI=1S/C13H12BrClN2O3S/c1-2-8-5-9(14)3-4-12(8)17-21(19,20)10-6-11(15)13(18)16-7-10/h3-7,17H,2H2,1H3,(H,16,18). The molecule has 0 aliphatic heterocycles. The first kappa shape index (κ1) is 16.1. The Hall–Kier alpha value is -1.31. The number of nitrogens with one attached hydrogen (secondary N) is 2. The number of aryl methyl sites for hydroxylation is 1. The first-order chi connectivity index (χ1) is 9.83. The average Bonchev–Trinajstić information content (AvgIpc) is 2.43. The predicted octanol–water partition coefficient (Wildman–Crippen LogP) is 3.15. The minimum Gasteiger partial charge on any atom is -0.326 e. The number of aromatic amines is 1. The van der Waals surface area contributed by atoms with Crippen molar-refractivity contribution in [3.05, 3.63) is 55.9 Å². The van der Waals surface area contributed by atoms with Gasteiger partial charge in [-0.3, -0.25) is 9.52 Å². The molecule has 0 aliphatic carbocycles. The molecule has 0 fully saturated rings. The number of benzene rings is 1. The van der Waals surface area contributed by atoms with Crippen LogP contribution in [0, 0.1) is 0 Å². The number of halogens is 2. The first-order valence-corrected chi connectivity index (χ1v) is 8.68. The van der Waals surface area contributed by atoms with Crippen molar-refractivity contribution >= 4 is 43.2 Å². The summed E-state index contributed by atoms with van der Waals surface area (Å²) >= 11 is 9.00. The van der Waals surface area contributed by atoms with Gasteiger partial charge in [-0.25, -0.2) is 8.42 Å². The topological polar surface area (TPSA) is 79.0 Å². The summed E-state index contributed by atoms with van der Waals surface area (Å²) < 4.78 is 28.0. The van der Waals surface area contributed by atoms with Crippen LogP contribution in [0.15, 0.2) is 44.6 Å². The number of H-pyrrole nitrogens is 1. The highest BCUT2D eigenvalue weighted by molar-refractivity contribution is 9.10. The molecule has 0 aliphatic rings. The van der Waals surface area contributed by atoms with E-state index in [0.29, 0.717) is 12.1 Å². The normalized spacial score (nSPS) is 11.4. The third-order valence-corrected chi connectivity index (χ3v) is 4.95. The van der Waals surface area contributed by atoms with Crippen molar-refractivity contribution in [1.29, 1.82) is 0 Å². The summed E-state index contributed by atoms with van der Waals surface area (Å²) in [4.78, 5) is 13.4. The quantitative estimate of drug-likeness (QED) is 0.840. The minimum atomic E-state index is -3.82. The van der Waals surface area contributed by atoms with Crippen LogP contribution >= 0.6 is 27.5 Å². The number of anilines is 1. The van der Waals surface area contributed by atoms with Gasteiger partial charge < -0.3 is 4.98 Å². The summed E-state index contributed by atoms with van der Waals surface area (Å²) in [6.45, 7) is 1.93. The third kappa shape index (κ3) is 3.66. The fourth-order valence-electron chi connectivity index (χ4n) is 1.75. The molecule has 0 spiro atoms. The number of hydrogen-bond acceptors (Lipinski definition) is 3. The zero-order valence-corrected chi connectivity index (χ0v) is 14.1. The molecular weight excluding hydrogens is 380 g/mol. The molecule has 0 radical (unpaired) electrons. The molecule has 0 atom stereocenters. The van der Waals surface area contributed by atoms with Crippen LogP contribution in [-0.4, -0.2) is 13.4 Å². The van der Waals surface area contributed by atoms with Crippen LogP contribution in [-0.2, 0) is 16.4 Å². The molecule has 2 N–H and O–H groups in total. The second kappa shape index (κ2) is 6.21. The smallest absolute Gasteiger partial charge is 0.266 e. The fourth-order valence-corrected chi connectivity index (χ4v) is 3.49. The molecule has 2 rings (SSSR count). The Kier molecular flexibility index (Phi) is 4.75. The lowest BCUT2D eigenvalue weighted by Crippen LogP contribution is -2.16. The van der Waals surface area contributed by atoms with E-state index in [1.807, 2.05) is 13.0 Å². The second-order valence-corrected chi connectivity index (χ2v) is 7.28. The van der Waals surface area contributed by atoms with Crippen LogP contribution in [0.1, 0.15) is 12.5 Å². The van der Waals surface area contributed by atoms with Crippen molar-refractivity contribution in [1.82, 2.24) is 4.98 Å². The van der Waals surface area contributed by atoms with Crippen molar-refractivity contribution in [2.75, 3.05) is 4.72 Å². The van der Waals surface area contributed by atoms with Gasteiger partial charge in [0.1, 0.15) is 9.92 Å². The Bertz CT molecular complexity index is 834. The number of pyridine rings is 1. The molecule has 1 aromatic carbocycles. The van der Waals surface area contributed by atoms with Crippen LogP contribution in [0.5, 0.6) is 0 Å². The molecule has 1 heterocycles. The lowest BCUT2D eigenvalue weighted by molar-refractivity contribution is 0.600. The molecule has 2 aromatic rings. The van der Waals surface area contributed by atoms with Gasteiger partial charge in [0.05, 0.1) is 5.69 Å². The lowest BCUT2D eigenvalue weighted by Gasteiger charge is -2.12. The Balaban J connectivity index is 2.42. The fraction of sp³-hybridized carbons (Fsp3) is 0.154. The van der Waals surface area contributed by atoms with Crippen molar-refractivity contribution in [3.63, 3.8) is 0 Å². The van der Waals surface area contributed by atoms with E-state index in [9.17, 15) is 13.2 Å². The number of rotatable bonds is 4. The highest BCUT2D eigenvalue weighted by Gasteiger charge is 2.17. The van der Waals surface area contributed by atoms with Gasteiger partial charge in [0.2, 0.25) is 0 Å². The summed E-state index contributed by atoms with van der Waals surface area (Å²) in [6.07, 6.45) is 1.78. The maximum atomic E-state index is 12.3. The van der Waals surface area contributed by atoms with Gasteiger partial charge in [-0.2, -0.15) is 0 Å². The molecule has 8 heteroatoms. The molecule has 1 aromatic heterocycles. The van der Waals surface area contributed by atoms with E-state index in [-0.39, 0.29) is 9.92 Å². The largest absolute Gasteiger partial charge is 0.326 e. The Morgan fingerprint density at radius 3 is 2.67 bits per heavy atom. The molecule has 0 bridgehead atoms. The van der Waals surface area contributed by atoms with Crippen LogP contribution < -0.4 is 10.3 Å². The van der Waals surface area contributed by atoms with Gasteiger partial charge in [-0.15, -0.1) is 0 Å². The van der Waals surface area contributed by atoms with Crippen molar-refractivity contribution in [3.8, 4) is 0 Å². The predicted molar refractivity (Wildman–Crippen MR) is 86.4 cm³/mol. The maximum Gasteiger partial charge on any atom is 0.266 e. The van der Waals surface area contributed by atoms with Crippen LogP contribution in [0.3, 0.4) is 0 Å². The summed E-state index contributed by atoms with van der Waals surface area (Å²) in [7, 11) is -3.82. The van der Waals surface area contributed by atoms with E-state index < -0.39 is 15.6 Å². The zero-order valence-electron chi connectivity index (χ0n) is 11.0. The maximum absolute atomic E-state index is 12.3. The Morgan fingerprint density at radius 2 is 2.05 bits per heavy atom. The van der Waals surface area contributed by atoms with Gasteiger partial charge >= 0.3 is 0 Å². The third-order valence-electron chi connectivity index (χ3n) is 2.83. The molecule has 0 amide bonds. The molecule has 0 saturated heterocycles. The lowest BCUT2D eigenvalue weighted by atomic mass is 10.1. The van der Waals surface area contributed by atoms with E-state index in [1.54, 1.807) is 12.1 Å². The molecule has 0 unspecified atom stereocenters. The first-order valence-electron chi connectivity index (χ1n) is 6.03. The number of aromatic nitrogens is 1. The summed E-state index contributed by atoms with van der Waals surface area (Å²) in [5, 5.41) is -0.176. The minimum absolute atomic E-state index is 0.0999. The van der Waals surface area contributed by atoms with Crippen molar-refractivity contribution in [2.45, 2.75) is 18.2 Å². The van der Waals surface area contributed by atoms with Gasteiger partial charge in [-0.1, -0.05) is 34.5 Å². The second-order valence-electron chi connectivity index (χ2n) is 4.27. The van der Waals surface area contributed by atoms with Crippen molar-refractivity contribution in [2.24, 2.45) is 0 Å². The van der Waals surface area contributed by atoms with Gasteiger partial charge in [0.15, 0.2) is 0 Å². The Labute approximate surface area is 135 Å². The van der Waals surface area contributed by atoms with Gasteiger partial charge in [0.25, 0.3) is 15.6 Å². The summed E-state index contributed by atoms with van der Waals surface area (Å²) in [5.74, 6) is 0. The zero-order chi connectivity index (χ0) is 15.6. The molecule has 21 heavy (non-hydrogen) atoms. The average molecular weight is 392 g/mol. The van der Waals surface area contributed by atoms with E-state index in [0.717, 1.165) is 22.3 Å². The van der Waals surface area contributed by atoms with Gasteiger partial charge in [0, 0.05) is 10.7 Å². The van der Waals surface area contributed by atoms with Crippen LogP contribution in [0.2, 0.25) is 5.02 Å². The molecule has 112 valence electrons. The van der Waals surface area contributed by atoms with E-state index in [4.69, 9.17) is 11.6 Å². The van der Waals surface area contributed by atoms with Crippen LogP contribution in [0.4, 0.5) is 5.69 Å². The SMILES string of the molecule is CCc1cc(Br)ccc1NS(=O)(=O)c1c[nH]c(=O)c(Cl)c1. The Morgan fingerprint density at radius 1 is 1.33 bits per heavy atom. The highest BCUT2D eigenvalue weighted by atomic mass is 79.9. The van der Waals surface area contributed by atoms with Crippen LogP contribution in [0.25, 0.3) is 0 Å². The molecular formula is C13H12BrClN2O3S. The highest BCUT2D eigenvalue weighted by Crippen LogP contribution is 2.24. The monoisotopic (exact) mass is 390 g/mol. The summed E-state index contributed by atoms with van der Waals surface area (Å²) in [5.41, 5.74) is 0.806. The van der Waals surface area contributed by atoms with Crippen molar-refractivity contribution < 1.29 is 8.42 Å². The number of hydrogen-bond donors (Lipinski definition) is 2. The summed E-state index contributed by atoms with van der Waals surface area (Å²) in [6, 6.07) is 6.38.